The maximum Gasteiger partial charge on any atom is 0.494 e. The number of rotatable bonds is 7. The summed E-state index contributed by atoms with van der Waals surface area (Å²) in [4.78, 5) is 0. The first-order chi connectivity index (χ1) is 12.4. The normalized spacial score (nSPS) is 18.1. The van der Waals surface area contributed by atoms with Crippen LogP contribution in [0.15, 0.2) is 18.2 Å². The lowest BCUT2D eigenvalue weighted by Gasteiger charge is -2.40. The predicted molar refractivity (Wildman–Crippen MR) is 118 cm³/mol. The Morgan fingerprint density at radius 1 is 1.00 bits per heavy atom. The third kappa shape index (κ3) is 6.18. The molecule has 152 valence electrons. The number of benzene rings is 1. The van der Waals surface area contributed by atoms with Crippen molar-refractivity contribution in [1.29, 1.82) is 0 Å². The molecule has 0 heterocycles. The molecular formula is C22H39BO3Si. The highest BCUT2D eigenvalue weighted by molar-refractivity contribution is 6.74. The Bertz CT molecular complexity index is 612. The summed E-state index contributed by atoms with van der Waals surface area (Å²) >= 11 is 0. The molecule has 5 heteroatoms. The minimum absolute atomic E-state index is 0.132. The zero-order valence-electron chi connectivity index (χ0n) is 18.9. The zero-order chi connectivity index (χ0) is 20.4. The first-order valence-electron chi connectivity index (χ1n) is 10.5. The van der Waals surface area contributed by atoms with E-state index in [9.17, 15) is 0 Å². The van der Waals surface area contributed by atoms with Crippen LogP contribution >= 0.6 is 0 Å². The number of hydrogen-bond donors (Lipinski definition) is 0. The quantitative estimate of drug-likeness (QED) is 0.606. The van der Waals surface area contributed by atoms with E-state index >= 15 is 0 Å². The Kier molecular flexibility index (Phi) is 7.40. The summed E-state index contributed by atoms with van der Waals surface area (Å²) in [6.07, 6.45) is 3.80. The van der Waals surface area contributed by atoms with Crippen molar-refractivity contribution in [2.24, 2.45) is 0 Å². The van der Waals surface area contributed by atoms with Crippen molar-refractivity contribution in [1.82, 2.24) is 0 Å². The molecule has 0 saturated heterocycles. The summed E-state index contributed by atoms with van der Waals surface area (Å²) in [6.45, 7) is 19.8. The van der Waals surface area contributed by atoms with Crippen molar-refractivity contribution < 1.29 is 13.7 Å². The topological polar surface area (TPSA) is 27.7 Å². The lowest BCUT2D eigenvalue weighted by molar-refractivity contribution is 0.139. The Hall–Kier alpha value is -0.618. The summed E-state index contributed by atoms with van der Waals surface area (Å²) in [5.41, 5.74) is 3.97. The van der Waals surface area contributed by atoms with Gasteiger partial charge in [-0.1, -0.05) is 39.0 Å². The Morgan fingerprint density at radius 2 is 1.59 bits per heavy atom. The number of aryl methyl sites for hydroxylation is 1. The van der Waals surface area contributed by atoms with E-state index in [1.165, 1.54) is 11.1 Å². The lowest BCUT2D eigenvalue weighted by Crippen LogP contribution is -2.45. The van der Waals surface area contributed by atoms with Crippen molar-refractivity contribution in [2.75, 3.05) is 0 Å². The molecule has 1 aliphatic carbocycles. The largest absolute Gasteiger partial charge is 0.494 e. The smallest absolute Gasteiger partial charge is 0.414 e. The summed E-state index contributed by atoms with van der Waals surface area (Å²) in [5, 5.41) is 0.257. The van der Waals surface area contributed by atoms with Crippen LogP contribution in [0.5, 0.6) is 0 Å². The Labute approximate surface area is 168 Å². The van der Waals surface area contributed by atoms with Crippen LogP contribution in [-0.2, 0) is 26.6 Å². The van der Waals surface area contributed by atoms with E-state index in [0.717, 1.165) is 24.7 Å². The molecule has 0 spiro atoms. The van der Waals surface area contributed by atoms with E-state index in [-0.39, 0.29) is 24.4 Å². The van der Waals surface area contributed by atoms with Crippen LogP contribution < -0.4 is 5.46 Å². The van der Waals surface area contributed by atoms with Gasteiger partial charge in [-0.05, 0) is 81.7 Å². The van der Waals surface area contributed by atoms with E-state index in [0.29, 0.717) is 6.10 Å². The van der Waals surface area contributed by atoms with Crippen molar-refractivity contribution in [2.45, 2.75) is 104 Å². The van der Waals surface area contributed by atoms with Gasteiger partial charge in [-0.2, -0.15) is 0 Å². The van der Waals surface area contributed by atoms with Crippen LogP contribution in [0.25, 0.3) is 0 Å². The average molecular weight is 390 g/mol. The van der Waals surface area contributed by atoms with Crippen LogP contribution in [0.1, 0.15) is 66.0 Å². The lowest BCUT2D eigenvalue weighted by atomic mass is 9.75. The first kappa shape index (κ1) is 22.7. The fourth-order valence-electron chi connectivity index (χ4n) is 3.27. The molecule has 1 atom stereocenters. The SMILES string of the molecule is CC(C)OB(OC(C)C)c1ccc2c(c1)CCC(O[Si](C)(C)C(C)(C)C)C2. The molecule has 0 aromatic heterocycles. The van der Waals surface area contributed by atoms with E-state index in [4.69, 9.17) is 13.7 Å². The Morgan fingerprint density at radius 3 is 2.11 bits per heavy atom. The summed E-state index contributed by atoms with van der Waals surface area (Å²) in [5.74, 6) is 0. The standard InChI is InChI=1S/C22H39BO3Si/c1-16(2)24-23(25-17(3)4)20-12-10-19-15-21(13-11-18(19)14-20)26-27(8,9)22(5,6)7/h10,12,14,16-17,21H,11,13,15H2,1-9H3. The highest BCUT2D eigenvalue weighted by Crippen LogP contribution is 2.38. The highest BCUT2D eigenvalue weighted by Gasteiger charge is 2.39. The van der Waals surface area contributed by atoms with Crippen molar-refractivity contribution in [3.63, 3.8) is 0 Å². The molecule has 0 radical (unpaired) electrons. The van der Waals surface area contributed by atoms with Gasteiger partial charge in [0.05, 0.1) is 0 Å². The Balaban J connectivity index is 2.13. The maximum atomic E-state index is 6.67. The van der Waals surface area contributed by atoms with Gasteiger partial charge in [-0.25, -0.2) is 0 Å². The third-order valence-corrected chi connectivity index (χ3v) is 10.3. The van der Waals surface area contributed by atoms with Gasteiger partial charge in [0.25, 0.3) is 0 Å². The van der Waals surface area contributed by atoms with Gasteiger partial charge in [-0.3, -0.25) is 0 Å². The molecule has 3 nitrogen and oxygen atoms in total. The molecule has 0 aliphatic heterocycles. The third-order valence-electron chi connectivity index (χ3n) is 5.74. The molecule has 1 aromatic carbocycles. The van der Waals surface area contributed by atoms with Gasteiger partial charge >= 0.3 is 7.12 Å². The van der Waals surface area contributed by atoms with Crippen LogP contribution in [0.3, 0.4) is 0 Å². The first-order valence-corrected chi connectivity index (χ1v) is 13.4. The zero-order valence-corrected chi connectivity index (χ0v) is 19.9. The average Bonchev–Trinajstić information content (AvgIpc) is 2.51. The van der Waals surface area contributed by atoms with Gasteiger partial charge in [0.2, 0.25) is 0 Å². The molecule has 1 aromatic rings. The fourth-order valence-corrected chi connectivity index (χ4v) is 4.65. The van der Waals surface area contributed by atoms with Gasteiger partial charge in [0.15, 0.2) is 8.32 Å². The molecule has 0 N–H and O–H groups in total. The molecule has 1 aliphatic rings. The van der Waals surface area contributed by atoms with Gasteiger partial charge in [0, 0.05) is 18.3 Å². The second-order valence-electron chi connectivity index (χ2n) is 9.97. The minimum atomic E-state index is -1.72. The van der Waals surface area contributed by atoms with Crippen LogP contribution in [-0.4, -0.2) is 33.7 Å². The molecule has 1 unspecified atom stereocenters. The molecular weight excluding hydrogens is 351 g/mol. The molecule has 0 amide bonds. The monoisotopic (exact) mass is 390 g/mol. The molecule has 0 bridgehead atoms. The van der Waals surface area contributed by atoms with Gasteiger partial charge < -0.3 is 13.7 Å². The second kappa shape index (κ2) is 8.81. The van der Waals surface area contributed by atoms with Crippen molar-refractivity contribution >= 4 is 20.9 Å². The van der Waals surface area contributed by atoms with Gasteiger partial charge in [0.1, 0.15) is 0 Å². The maximum absolute atomic E-state index is 6.67. The summed E-state index contributed by atoms with van der Waals surface area (Å²) in [7, 11) is -2.01. The molecule has 0 saturated carbocycles. The molecule has 0 fully saturated rings. The van der Waals surface area contributed by atoms with E-state index in [1.807, 2.05) is 0 Å². The minimum Gasteiger partial charge on any atom is -0.414 e. The van der Waals surface area contributed by atoms with Crippen LogP contribution in [0.4, 0.5) is 0 Å². The van der Waals surface area contributed by atoms with E-state index in [2.05, 4.69) is 79.8 Å². The summed E-state index contributed by atoms with van der Waals surface area (Å²) in [6, 6.07) is 6.71. The van der Waals surface area contributed by atoms with E-state index in [1.54, 1.807) is 0 Å². The summed E-state index contributed by atoms with van der Waals surface area (Å²) < 4.78 is 18.7. The van der Waals surface area contributed by atoms with Crippen molar-refractivity contribution in [3.8, 4) is 0 Å². The predicted octanol–water partition coefficient (Wildman–Crippen LogP) is 5.11. The van der Waals surface area contributed by atoms with Crippen LogP contribution in [0, 0.1) is 0 Å². The molecule has 27 heavy (non-hydrogen) atoms. The fraction of sp³-hybridized carbons (Fsp3) is 0.727. The number of fused-ring (bicyclic) bond motifs is 1. The van der Waals surface area contributed by atoms with Crippen molar-refractivity contribution in [3.05, 3.63) is 29.3 Å². The van der Waals surface area contributed by atoms with Gasteiger partial charge in [-0.15, -0.1) is 0 Å². The number of hydrogen-bond acceptors (Lipinski definition) is 3. The van der Waals surface area contributed by atoms with E-state index < -0.39 is 8.32 Å². The highest BCUT2D eigenvalue weighted by atomic mass is 28.4. The van der Waals surface area contributed by atoms with Crippen LogP contribution in [0.2, 0.25) is 18.1 Å². The molecule has 2 rings (SSSR count). The second-order valence-corrected chi connectivity index (χ2v) is 14.7.